The molecule has 0 spiro atoms. The van der Waals surface area contributed by atoms with Gasteiger partial charge in [0.15, 0.2) is 0 Å². The molecule has 0 aliphatic rings. The van der Waals surface area contributed by atoms with Gasteiger partial charge >= 0.3 is 11.9 Å². The summed E-state index contributed by atoms with van der Waals surface area (Å²) in [6.07, 6.45) is 7.75. The van der Waals surface area contributed by atoms with E-state index in [0.717, 1.165) is 38.5 Å². The second kappa shape index (κ2) is 13.6. The lowest BCUT2D eigenvalue weighted by Gasteiger charge is -2.14. The molecule has 0 saturated carbocycles. The SMILES string of the molecule is CCCCC(S)CCC(C(=O)O)=C(CCC(S)CCCC)C(=O)O. The molecule has 0 heterocycles. The molecule has 0 fully saturated rings. The van der Waals surface area contributed by atoms with Crippen LogP contribution in [-0.2, 0) is 9.59 Å². The lowest BCUT2D eigenvalue weighted by Crippen LogP contribution is -2.14. The van der Waals surface area contributed by atoms with Gasteiger partial charge in [0.1, 0.15) is 0 Å². The number of aliphatic carboxylic acids is 2. The van der Waals surface area contributed by atoms with Crippen LogP contribution in [0.1, 0.15) is 78.1 Å². The maximum absolute atomic E-state index is 11.5. The average Bonchev–Trinajstić information content (AvgIpc) is 2.52. The molecule has 0 saturated heterocycles. The number of carbonyl (C=O) groups is 2. The van der Waals surface area contributed by atoms with Crippen LogP contribution >= 0.6 is 25.3 Å². The van der Waals surface area contributed by atoms with Crippen LogP contribution < -0.4 is 0 Å². The molecule has 0 bridgehead atoms. The van der Waals surface area contributed by atoms with Crippen molar-refractivity contribution in [3.63, 3.8) is 0 Å². The van der Waals surface area contributed by atoms with Crippen molar-refractivity contribution < 1.29 is 19.8 Å². The molecule has 6 heteroatoms. The summed E-state index contributed by atoms with van der Waals surface area (Å²) in [7, 11) is 0. The van der Waals surface area contributed by atoms with Crippen molar-refractivity contribution >= 4 is 37.2 Å². The molecule has 140 valence electrons. The molecule has 0 aromatic carbocycles. The molecule has 24 heavy (non-hydrogen) atoms. The zero-order valence-corrected chi connectivity index (χ0v) is 16.6. The van der Waals surface area contributed by atoms with E-state index >= 15 is 0 Å². The van der Waals surface area contributed by atoms with Gasteiger partial charge in [-0.25, -0.2) is 9.59 Å². The molecule has 0 aromatic rings. The van der Waals surface area contributed by atoms with Crippen LogP contribution in [0.4, 0.5) is 0 Å². The van der Waals surface area contributed by atoms with E-state index in [4.69, 9.17) is 0 Å². The van der Waals surface area contributed by atoms with Gasteiger partial charge in [-0.3, -0.25) is 0 Å². The minimum absolute atomic E-state index is 0.0223. The van der Waals surface area contributed by atoms with Gasteiger partial charge in [-0.1, -0.05) is 39.5 Å². The summed E-state index contributed by atoms with van der Waals surface area (Å²) in [5.74, 6) is -2.26. The standard InChI is InChI=1S/C18H32O4S2/c1-3-5-7-13(23)9-11-15(17(19)20)16(18(21)22)12-10-14(24)8-6-4-2/h13-14,23-24H,3-12H2,1-2H3,(H,19,20)(H,21,22). The molecule has 0 aliphatic heterocycles. The van der Waals surface area contributed by atoms with Crippen LogP contribution in [0.2, 0.25) is 0 Å². The predicted molar refractivity (Wildman–Crippen MR) is 105 cm³/mol. The third kappa shape index (κ3) is 10.3. The van der Waals surface area contributed by atoms with Crippen molar-refractivity contribution in [2.45, 2.75) is 88.6 Å². The van der Waals surface area contributed by atoms with Crippen molar-refractivity contribution in [2.75, 3.05) is 0 Å². The van der Waals surface area contributed by atoms with E-state index in [-0.39, 0.29) is 34.5 Å². The summed E-state index contributed by atoms with van der Waals surface area (Å²) in [5, 5.41) is 19.1. The first-order valence-corrected chi connectivity index (χ1v) is 9.91. The summed E-state index contributed by atoms with van der Waals surface area (Å²) in [6.45, 7) is 4.19. The van der Waals surface area contributed by atoms with E-state index in [9.17, 15) is 19.8 Å². The van der Waals surface area contributed by atoms with Crippen molar-refractivity contribution in [3.05, 3.63) is 11.1 Å². The summed E-state index contributed by atoms with van der Waals surface area (Å²) in [5.41, 5.74) is 0.0446. The van der Waals surface area contributed by atoms with Crippen LogP contribution in [0.5, 0.6) is 0 Å². The number of unbranched alkanes of at least 4 members (excludes halogenated alkanes) is 2. The van der Waals surface area contributed by atoms with Crippen molar-refractivity contribution in [3.8, 4) is 0 Å². The average molecular weight is 377 g/mol. The Kier molecular flexibility index (Phi) is 13.3. The molecule has 2 unspecified atom stereocenters. The van der Waals surface area contributed by atoms with Gasteiger partial charge in [0, 0.05) is 21.6 Å². The highest BCUT2D eigenvalue weighted by atomic mass is 32.1. The van der Waals surface area contributed by atoms with Gasteiger partial charge in [-0.15, -0.1) is 0 Å². The molecule has 0 aromatic heterocycles. The molecular weight excluding hydrogens is 344 g/mol. The van der Waals surface area contributed by atoms with Gasteiger partial charge in [0.05, 0.1) is 0 Å². The summed E-state index contributed by atoms with van der Waals surface area (Å²) >= 11 is 8.95. The Morgan fingerprint density at radius 1 is 0.750 bits per heavy atom. The van der Waals surface area contributed by atoms with E-state index in [1.165, 1.54) is 0 Å². The Morgan fingerprint density at radius 3 is 1.33 bits per heavy atom. The second-order valence-electron chi connectivity index (χ2n) is 6.24. The summed E-state index contributed by atoms with van der Waals surface area (Å²) in [4.78, 5) is 23.0. The summed E-state index contributed by atoms with van der Waals surface area (Å²) < 4.78 is 0. The van der Waals surface area contributed by atoms with Gasteiger partial charge in [-0.2, -0.15) is 25.3 Å². The first-order chi connectivity index (χ1) is 11.3. The fraction of sp³-hybridized carbons (Fsp3) is 0.778. The molecular formula is C18H32O4S2. The van der Waals surface area contributed by atoms with E-state index in [0.29, 0.717) is 12.8 Å². The van der Waals surface area contributed by atoms with Crippen molar-refractivity contribution in [2.24, 2.45) is 0 Å². The van der Waals surface area contributed by atoms with Gasteiger partial charge in [-0.05, 0) is 38.5 Å². The maximum Gasteiger partial charge on any atom is 0.332 e. The minimum Gasteiger partial charge on any atom is -0.478 e. The topological polar surface area (TPSA) is 74.6 Å². The van der Waals surface area contributed by atoms with Crippen LogP contribution in [-0.4, -0.2) is 32.7 Å². The van der Waals surface area contributed by atoms with Crippen molar-refractivity contribution in [1.29, 1.82) is 0 Å². The highest BCUT2D eigenvalue weighted by molar-refractivity contribution is 7.81. The zero-order chi connectivity index (χ0) is 18.5. The van der Waals surface area contributed by atoms with Crippen LogP contribution in [0.25, 0.3) is 0 Å². The van der Waals surface area contributed by atoms with Gasteiger partial charge < -0.3 is 10.2 Å². The molecule has 2 N–H and O–H groups in total. The van der Waals surface area contributed by atoms with E-state index in [1.54, 1.807) is 0 Å². The highest BCUT2D eigenvalue weighted by Crippen LogP contribution is 2.24. The Labute approximate surface area is 156 Å². The van der Waals surface area contributed by atoms with Crippen LogP contribution in [0.15, 0.2) is 11.1 Å². The Morgan fingerprint density at radius 2 is 1.08 bits per heavy atom. The molecule has 4 nitrogen and oxygen atoms in total. The highest BCUT2D eigenvalue weighted by Gasteiger charge is 2.21. The number of carboxylic acid groups (broad SMARTS) is 2. The van der Waals surface area contributed by atoms with Crippen molar-refractivity contribution in [1.82, 2.24) is 0 Å². The Bertz CT molecular complexity index is 383. The first kappa shape index (κ1) is 23.4. The van der Waals surface area contributed by atoms with Crippen LogP contribution in [0, 0.1) is 0 Å². The van der Waals surface area contributed by atoms with E-state index in [2.05, 4.69) is 39.1 Å². The monoisotopic (exact) mass is 376 g/mol. The molecule has 0 amide bonds. The number of hydrogen-bond acceptors (Lipinski definition) is 4. The smallest absolute Gasteiger partial charge is 0.332 e. The second-order valence-corrected chi connectivity index (χ2v) is 7.70. The third-order valence-electron chi connectivity index (χ3n) is 4.12. The van der Waals surface area contributed by atoms with Crippen LogP contribution in [0.3, 0.4) is 0 Å². The molecule has 0 rings (SSSR count). The first-order valence-electron chi connectivity index (χ1n) is 8.88. The number of rotatable bonds is 14. The largest absolute Gasteiger partial charge is 0.478 e. The molecule has 2 atom stereocenters. The lowest BCUT2D eigenvalue weighted by molar-refractivity contribution is -0.136. The van der Waals surface area contributed by atoms with E-state index < -0.39 is 11.9 Å². The minimum atomic E-state index is -1.13. The van der Waals surface area contributed by atoms with Gasteiger partial charge in [0.25, 0.3) is 0 Å². The quantitative estimate of drug-likeness (QED) is 0.254. The number of carboxylic acids is 2. The fourth-order valence-corrected chi connectivity index (χ4v) is 3.19. The fourth-order valence-electron chi connectivity index (χ4n) is 2.56. The van der Waals surface area contributed by atoms with Gasteiger partial charge in [0.2, 0.25) is 0 Å². The lowest BCUT2D eigenvalue weighted by atomic mass is 9.96. The number of thiol groups is 2. The Balaban J connectivity index is 4.89. The number of hydrogen-bond donors (Lipinski definition) is 4. The summed E-state index contributed by atoms with van der Waals surface area (Å²) in [6, 6.07) is 0. The van der Waals surface area contributed by atoms with E-state index in [1.807, 2.05) is 0 Å². The molecule has 0 aliphatic carbocycles. The maximum atomic E-state index is 11.5. The zero-order valence-electron chi connectivity index (χ0n) is 14.8. The molecule has 0 radical (unpaired) electrons. The normalized spacial score (nSPS) is 14.8. The predicted octanol–water partition coefficient (Wildman–Crippen LogP) is 4.99. The third-order valence-corrected chi connectivity index (χ3v) is 5.15. The Hall–Kier alpha value is -0.620.